The van der Waals surface area contributed by atoms with Crippen LogP contribution in [0, 0.1) is 0 Å². The number of hydrogen-bond donors (Lipinski definition) is 1. The van der Waals surface area contributed by atoms with Crippen molar-refractivity contribution in [2.75, 3.05) is 13.2 Å². The Morgan fingerprint density at radius 2 is 2.00 bits per heavy atom. The molecule has 0 spiro atoms. The Balaban J connectivity index is 2.31. The molecule has 0 amide bonds. The minimum absolute atomic E-state index is 0.111. The summed E-state index contributed by atoms with van der Waals surface area (Å²) in [6.07, 6.45) is 0.732. The minimum atomic E-state index is -0.786. The van der Waals surface area contributed by atoms with Crippen LogP contribution in [0.25, 0.3) is 0 Å². The zero-order valence-electron chi connectivity index (χ0n) is 6.46. The molecule has 1 rings (SSSR count). The molecule has 0 aliphatic carbocycles. The van der Waals surface area contributed by atoms with Gasteiger partial charge in [0.25, 0.3) is 0 Å². The largest absolute Gasteiger partial charge is 0.385 e. The summed E-state index contributed by atoms with van der Waals surface area (Å²) in [6, 6.07) is 0. The quantitative estimate of drug-likeness (QED) is 0.586. The Hall–Kier alpha value is -0.120. The van der Waals surface area contributed by atoms with E-state index in [1.165, 1.54) is 0 Å². The topological polar surface area (TPSA) is 38.7 Å². The molecule has 0 unspecified atom stereocenters. The summed E-state index contributed by atoms with van der Waals surface area (Å²) in [5.74, 6) is 0. The van der Waals surface area contributed by atoms with Crippen LogP contribution in [0.4, 0.5) is 0 Å². The Kier molecular flexibility index (Phi) is 2.28. The van der Waals surface area contributed by atoms with Crippen molar-refractivity contribution in [3.05, 3.63) is 0 Å². The molecule has 1 saturated heterocycles. The van der Waals surface area contributed by atoms with E-state index in [9.17, 15) is 5.11 Å². The Morgan fingerprint density at radius 3 is 2.40 bits per heavy atom. The van der Waals surface area contributed by atoms with Crippen LogP contribution in [0.2, 0.25) is 0 Å². The van der Waals surface area contributed by atoms with Gasteiger partial charge in [-0.1, -0.05) is 6.92 Å². The van der Waals surface area contributed by atoms with E-state index in [2.05, 4.69) is 0 Å². The molecule has 0 aromatic carbocycles. The molecule has 0 bridgehead atoms. The molecule has 1 heterocycles. The monoisotopic (exact) mass is 146 g/mol. The highest BCUT2D eigenvalue weighted by atomic mass is 16.7. The molecule has 1 aliphatic rings. The number of ether oxygens (including phenoxy) is 2. The van der Waals surface area contributed by atoms with Gasteiger partial charge in [0.15, 0.2) is 6.29 Å². The molecule has 1 N–H and O–H groups in total. The second-order valence-electron chi connectivity index (χ2n) is 2.96. The van der Waals surface area contributed by atoms with Crippen LogP contribution in [0.3, 0.4) is 0 Å². The second kappa shape index (κ2) is 2.86. The van der Waals surface area contributed by atoms with E-state index >= 15 is 0 Å². The number of hydrogen-bond acceptors (Lipinski definition) is 3. The molecule has 0 saturated carbocycles. The molecule has 3 nitrogen and oxygen atoms in total. The van der Waals surface area contributed by atoms with E-state index in [4.69, 9.17) is 9.47 Å². The molecule has 1 aliphatic heterocycles. The van der Waals surface area contributed by atoms with Gasteiger partial charge in [-0.05, 0) is 13.3 Å². The van der Waals surface area contributed by atoms with Crippen LogP contribution >= 0.6 is 0 Å². The van der Waals surface area contributed by atoms with Gasteiger partial charge in [-0.2, -0.15) is 0 Å². The molecular formula is C7H14O3. The summed E-state index contributed by atoms with van der Waals surface area (Å²) in [7, 11) is 0. The van der Waals surface area contributed by atoms with E-state index < -0.39 is 5.60 Å². The van der Waals surface area contributed by atoms with Crippen LogP contribution in [-0.4, -0.2) is 30.2 Å². The first-order valence-electron chi connectivity index (χ1n) is 3.59. The Bertz CT molecular complexity index is 101. The SMILES string of the molecule is CCC1OCC(C)(O)CO1. The van der Waals surface area contributed by atoms with Gasteiger partial charge in [0.05, 0.1) is 13.2 Å². The Labute approximate surface area is 60.9 Å². The fraction of sp³-hybridized carbons (Fsp3) is 1.00. The molecule has 60 valence electrons. The summed E-state index contributed by atoms with van der Waals surface area (Å²) < 4.78 is 10.3. The lowest BCUT2D eigenvalue weighted by Crippen LogP contribution is -2.44. The van der Waals surface area contributed by atoms with Gasteiger partial charge < -0.3 is 14.6 Å². The first-order valence-corrected chi connectivity index (χ1v) is 3.59. The molecule has 3 heteroatoms. The number of aliphatic hydroxyl groups is 1. The normalized spacial score (nSPS) is 41.7. The van der Waals surface area contributed by atoms with Crippen molar-refractivity contribution in [1.82, 2.24) is 0 Å². The van der Waals surface area contributed by atoms with Gasteiger partial charge in [-0.25, -0.2) is 0 Å². The first kappa shape index (κ1) is 7.98. The molecule has 0 radical (unpaired) electrons. The highest BCUT2D eigenvalue weighted by Crippen LogP contribution is 2.15. The Morgan fingerprint density at radius 1 is 1.50 bits per heavy atom. The summed E-state index contributed by atoms with van der Waals surface area (Å²) in [4.78, 5) is 0. The summed E-state index contributed by atoms with van der Waals surface area (Å²) in [5, 5.41) is 9.34. The van der Waals surface area contributed by atoms with Crippen LogP contribution in [0.15, 0.2) is 0 Å². The van der Waals surface area contributed by atoms with E-state index in [1.54, 1.807) is 6.92 Å². The average Bonchev–Trinajstić information content (AvgIpc) is 1.88. The highest BCUT2D eigenvalue weighted by Gasteiger charge is 2.28. The smallest absolute Gasteiger partial charge is 0.157 e. The molecule has 10 heavy (non-hydrogen) atoms. The lowest BCUT2D eigenvalue weighted by atomic mass is 10.1. The highest BCUT2D eigenvalue weighted by molar-refractivity contribution is 4.74. The lowest BCUT2D eigenvalue weighted by Gasteiger charge is -2.32. The number of rotatable bonds is 1. The fourth-order valence-electron chi connectivity index (χ4n) is 0.870. The summed E-state index contributed by atoms with van der Waals surface area (Å²) in [5.41, 5.74) is -0.786. The summed E-state index contributed by atoms with van der Waals surface area (Å²) >= 11 is 0. The molecule has 1 fully saturated rings. The molecule has 0 aromatic heterocycles. The lowest BCUT2D eigenvalue weighted by molar-refractivity contribution is -0.247. The van der Waals surface area contributed by atoms with Gasteiger partial charge in [-0.3, -0.25) is 0 Å². The van der Waals surface area contributed by atoms with Crippen molar-refractivity contribution in [3.63, 3.8) is 0 Å². The van der Waals surface area contributed by atoms with E-state index in [0.717, 1.165) is 6.42 Å². The van der Waals surface area contributed by atoms with Crippen LogP contribution in [0.5, 0.6) is 0 Å². The van der Waals surface area contributed by atoms with Crippen LogP contribution in [-0.2, 0) is 9.47 Å². The average molecular weight is 146 g/mol. The van der Waals surface area contributed by atoms with Crippen molar-refractivity contribution in [1.29, 1.82) is 0 Å². The third kappa shape index (κ3) is 1.94. The van der Waals surface area contributed by atoms with Crippen LogP contribution in [0.1, 0.15) is 20.3 Å². The maximum absolute atomic E-state index is 9.34. The van der Waals surface area contributed by atoms with Crippen LogP contribution < -0.4 is 0 Å². The van der Waals surface area contributed by atoms with Crippen molar-refractivity contribution >= 4 is 0 Å². The zero-order chi connectivity index (χ0) is 7.61. The minimum Gasteiger partial charge on any atom is -0.385 e. The van der Waals surface area contributed by atoms with Gasteiger partial charge in [0, 0.05) is 0 Å². The third-order valence-corrected chi connectivity index (χ3v) is 1.49. The second-order valence-corrected chi connectivity index (χ2v) is 2.96. The van der Waals surface area contributed by atoms with E-state index in [1.807, 2.05) is 6.92 Å². The maximum Gasteiger partial charge on any atom is 0.157 e. The van der Waals surface area contributed by atoms with Gasteiger partial charge in [0.2, 0.25) is 0 Å². The van der Waals surface area contributed by atoms with E-state index in [-0.39, 0.29) is 6.29 Å². The van der Waals surface area contributed by atoms with Crippen molar-refractivity contribution in [3.8, 4) is 0 Å². The predicted octanol–water partition coefficient (Wildman–Crippen LogP) is 0.520. The standard InChI is InChI=1S/C7H14O3/c1-3-6-9-4-7(2,8)5-10-6/h6,8H,3-5H2,1-2H3. The van der Waals surface area contributed by atoms with Crippen molar-refractivity contribution in [2.24, 2.45) is 0 Å². The van der Waals surface area contributed by atoms with E-state index in [0.29, 0.717) is 13.2 Å². The maximum atomic E-state index is 9.34. The van der Waals surface area contributed by atoms with Crippen molar-refractivity contribution in [2.45, 2.75) is 32.2 Å². The van der Waals surface area contributed by atoms with Gasteiger partial charge in [0.1, 0.15) is 5.60 Å². The van der Waals surface area contributed by atoms with Gasteiger partial charge in [-0.15, -0.1) is 0 Å². The molecule has 0 atom stereocenters. The van der Waals surface area contributed by atoms with Gasteiger partial charge >= 0.3 is 0 Å². The summed E-state index contributed by atoms with van der Waals surface area (Å²) in [6.45, 7) is 4.46. The fourth-order valence-corrected chi connectivity index (χ4v) is 0.870. The predicted molar refractivity (Wildman–Crippen MR) is 36.6 cm³/mol. The first-order chi connectivity index (χ1) is 4.64. The third-order valence-electron chi connectivity index (χ3n) is 1.49. The molecule has 0 aromatic rings. The zero-order valence-corrected chi connectivity index (χ0v) is 6.46. The molecular weight excluding hydrogens is 132 g/mol. The van der Waals surface area contributed by atoms with Crippen molar-refractivity contribution < 1.29 is 14.6 Å².